The van der Waals surface area contributed by atoms with Crippen molar-refractivity contribution in [1.29, 1.82) is 0 Å². The molecule has 0 saturated heterocycles. The Labute approximate surface area is 153 Å². The number of aryl methyl sites for hydroxylation is 1. The fourth-order valence-electron chi connectivity index (χ4n) is 2.40. The fourth-order valence-corrected chi connectivity index (χ4v) is 2.63. The lowest BCUT2D eigenvalue weighted by Gasteiger charge is -2.14. The summed E-state index contributed by atoms with van der Waals surface area (Å²) in [5, 5.41) is 6.59. The molecular formula is C19H23ClN2O3. The summed E-state index contributed by atoms with van der Waals surface area (Å²) in [6.07, 6.45) is 0.347. The average Bonchev–Trinajstić information content (AvgIpc) is 2.61. The highest BCUT2D eigenvalue weighted by Crippen LogP contribution is 2.35. The number of anilines is 1. The topological polar surface area (TPSA) is 59.6 Å². The minimum absolute atomic E-state index is 0.0179. The Morgan fingerprint density at radius 3 is 2.52 bits per heavy atom. The largest absolute Gasteiger partial charge is 0.495 e. The summed E-state index contributed by atoms with van der Waals surface area (Å²) in [4.78, 5) is 12.0. The van der Waals surface area contributed by atoms with Crippen molar-refractivity contribution in [3.8, 4) is 11.5 Å². The van der Waals surface area contributed by atoms with Crippen molar-refractivity contribution in [2.45, 2.75) is 19.9 Å². The summed E-state index contributed by atoms with van der Waals surface area (Å²) in [5.41, 5.74) is 3.02. The summed E-state index contributed by atoms with van der Waals surface area (Å²) in [6, 6.07) is 11.4. The van der Waals surface area contributed by atoms with E-state index in [0.29, 0.717) is 36.0 Å². The number of ether oxygens (including phenoxy) is 2. The standard InChI is InChI=1S/C19H23ClN2O3/c1-13-6-4-5-7-14(13)12-22-19(23)8-9-21-16-11-17(24-2)15(20)10-18(16)25-3/h4-7,10-11,21H,8-9,12H2,1-3H3,(H,22,23). The summed E-state index contributed by atoms with van der Waals surface area (Å²) < 4.78 is 10.5. The number of nitrogens with one attached hydrogen (secondary N) is 2. The van der Waals surface area contributed by atoms with Crippen molar-refractivity contribution in [2.75, 3.05) is 26.1 Å². The van der Waals surface area contributed by atoms with Crippen LogP contribution in [0.5, 0.6) is 11.5 Å². The van der Waals surface area contributed by atoms with Crippen molar-refractivity contribution in [1.82, 2.24) is 5.32 Å². The quantitative estimate of drug-likeness (QED) is 0.750. The first-order chi connectivity index (χ1) is 12.0. The maximum Gasteiger partial charge on any atom is 0.222 e. The Balaban J connectivity index is 1.86. The Morgan fingerprint density at radius 1 is 1.12 bits per heavy atom. The van der Waals surface area contributed by atoms with Crippen LogP contribution in [0.2, 0.25) is 5.02 Å². The van der Waals surface area contributed by atoms with Gasteiger partial charge in [-0.25, -0.2) is 0 Å². The van der Waals surface area contributed by atoms with Gasteiger partial charge >= 0.3 is 0 Å². The molecule has 0 atom stereocenters. The minimum Gasteiger partial charge on any atom is -0.495 e. The van der Waals surface area contributed by atoms with Gasteiger partial charge in [0.05, 0.1) is 24.9 Å². The van der Waals surface area contributed by atoms with Crippen molar-refractivity contribution in [3.63, 3.8) is 0 Å². The van der Waals surface area contributed by atoms with Crippen molar-refractivity contribution in [3.05, 3.63) is 52.5 Å². The highest BCUT2D eigenvalue weighted by Gasteiger charge is 2.10. The third-order valence-corrected chi connectivity index (χ3v) is 4.17. The summed E-state index contributed by atoms with van der Waals surface area (Å²) >= 11 is 6.08. The Morgan fingerprint density at radius 2 is 1.84 bits per heavy atom. The van der Waals surface area contributed by atoms with Crippen LogP contribution in [0.15, 0.2) is 36.4 Å². The average molecular weight is 363 g/mol. The van der Waals surface area contributed by atoms with Gasteiger partial charge in [-0.3, -0.25) is 4.79 Å². The Kier molecular flexibility index (Phi) is 6.95. The van der Waals surface area contributed by atoms with E-state index in [0.717, 1.165) is 11.3 Å². The van der Waals surface area contributed by atoms with E-state index in [1.54, 1.807) is 26.4 Å². The van der Waals surface area contributed by atoms with E-state index >= 15 is 0 Å². The SMILES string of the molecule is COc1cc(NCCC(=O)NCc2ccccc2C)c(OC)cc1Cl. The van der Waals surface area contributed by atoms with Crippen LogP contribution in [0.3, 0.4) is 0 Å². The molecule has 0 fully saturated rings. The number of hydrogen-bond donors (Lipinski definition) is 2. The van der Waals surface area contributed by atoms with E-state index < -0.39 is 0 Å². The molecular weight excluding hydrogens is 340 g/mol. The molecule has 0 aromatic heterocycles. The molecule has 0 unspecified atom stereocenters. The summed E-state index contributed by atoms with van der Waals surface area (Å²) in [5.74, 6) is 1.13. The lowest BCUT2D eigenvalue weighted by molar-refractivity contribution is -0.121. The molecule has 0 saturated carbocycles. The zero-order valence-corrected chi connectivity index (χ0v) is 15.4. The van der Waals surface area contributed by atoms with Crippen LogP contribution in [0, 0.1) is 6.92 Å². The molecule has 25 heavy (non-hydrogen) atoms. The molecule has 5 nitrogen and oxygen atoms in total. The third-order valence-electron chi connectivity index (χ3n) is 3.88. The second-order valence-corrected chi connectivity index (χ2v) is 5.97. The molecule has 0 spiro atoms. The normalized spacial score (nSPS) is 10.2. The molecule has 0 heterocycles. The van der Waals surface area contributed by atoms with Gasteiger partial charge in [-0.1, -0.05) is 35.9 Å². The van der Waals surface area contributed by atoms with Gasteiger partial charge in [-0.2, -0.15) is 0 Å². The van der Waals surface area contributed by atoms with Gasteiger partial charge in [0.2, 0.25) is 5.91 Å². The van der Waals surface area contributed by atoms with Crippen molar-refractivity contribution >= 4 is 23.2 Å². The number of halogens is 1. The minimum atomic E-state index is -0.0179. The molecule has 2 aromatic carbocycles. The number of carbonyl (C=O) groups excluding carboxylic acids is 1. The van der Waals surface area contributed by atoms with Gasteiger partial charge in [0.15, 0.2) is 0 Å². The maximum atomic E-state index is 12.0. The molecule has 0 aliphatic heterocycles. The predicted octanol–water partition coefficient (Wildman–Crippen LogP) is 3.78. The second kappa shape index (κ2) is 9.18. The number of hydrogen-bond acceptors (Lipinski definition) is 4. The predicted molar refractivity (Wildman–Crippen MR) is 101 cm³/mol. The van der Waals surface area contributed by atoms with Crippen LogP contribution in [-0.4, -0.2) is 26.7 Å². The van der Waals surface area contributed by atoms with Gasteiger partial charge < -0.3 is 20.1 Å². The second-order valence-electron chi connectivity index (χ2n) is 5.57. The molecule has 2 N–H and O–H groups in total. The highest BCUT2D eigenvalue weighted by atomic mass is 35.5. The molecule has 0 aliphatic carbocycles. The Bertz CT molecular complexity index is 735. The first-order valence-electron chi connectivity index (χ1n) is 8.01. The van der Waals surface area contributed by atoms with Gasteiger partial charge in [-0.15, -0.1) is 0 Å². The van der Waals surface area contributed by atoms with Gasteiger partial charge in [0, 0.05) is 31.6 Å². The molecule has 2 aromatic rings. The van der Waals surface area contributed by atoms with Gasteiger partial charge in [0.1, 0.15) is 11.5 Å². The summed E-state index contributed by atoms with van der Waals surface area (Å²) in [7, 11) is 3.12. The first kappa shape index (κ1) is 18.9. The van der Waals surface area contributed by atoms with E-state index in [-0.39, 0.29) is 5.91 Å². The monoisotopic (exact) mass is 362 g/mol. The smallest absolute Gasteiger partial charge is 0.222 e. The van der Waals surface area contributed by atoms with Crippen LogP contribution in [0.25, 0.3) is 0 Å². The molecule has 1 amide bonds. The zero-order valence-electron chi connectivity index (χ0n) is 14.7. The molecule has 2 rings (SSSR count). The fraction of sp³-hybridized carbons (Fsp3) is 0.316. The highest BCUT2D eigenvalue weighted by molar-refractivity contribution is 6.32. The zero-order chi connectivity index (χ0) is 18.2. The van der Waals surface area contributed by atoms with E-state index in [2.05, 4.69) is 10.6 Å². The summed E-state index contributed by atoms with van der Waals surface area (Å²) in [6.45, 7) is 3.04. The number of benzene rings is 2. The van der Waals surface area contributed by atoms with E-state index in [1.807, 2.05) is 31.2 Å². The van der Waals surface area contributed by atoms with Crippen LogP contribution < -0.4 is 20.1 Å². The van der Waals surface area contributed by atoms with E-state index in [9.17, 15) is 4.79 Å². The lowest BCUT2D eigenvalue weighted by Crippen LogP contribution is -2.25. The van der Waals surface area contributed by atoms with Crippen molar-refractivity contribution < 1.29 is 14.3 Å². The molecule has 0 bridgehead atoms. The van der Waals surface area contributed by atoms with E-state index in [1.165, 1.54) is 5.56 Å². The maximum absolute atomic E-state index is 12.0. The first-order valence-corrected chi connectivity index (χ1v) is 8.39. The van der Waals surface area contributed by atoms with Gasteiger partial charge in [0.25, 0.3) is 0 Å². The number of carbonyl (C=O) groups is 1. The third kappa shape index (κ3) is 5.29. The molecule has 6 heteroatoms. The van der Waals surface area contributed by atoms with E-state index in [4.69, 9.17) is 21.1 Å². The van der Waals surface area contributed by atoms with Gasteiger partial charge in [-0.05, 0) is 18.1 Å². The van der Waals surface area contributed by atoms with Crippen LogP contribution >= 0.6 is 11.6 Å². The lowest BCUT2D eigenvalue weighted by atomic mass is 10.1. The van der Waals surface area contributed by atoms with Crippen LogP contribution in [0.1, 0.15) is 17.5 Å². The molecule has 134 valence electrons. The van der Waals surface area contributed by atoms with Crippen molar-refractivity contribution in [2.24, 2.45) is 0 Å². The molecule has 0 aliphatic rings. The Hall–Kier alpha value is -2.40. The van der Waals surface area contributed by atoms with Crippen LogP contribution in [-0.2, 0) is 11.3 Å². The number of methoxy groups -OCH3 is 2. The number of rotatable bonds is 8. The van der Waals surface area contributed by atoms with Crippen LogP contribution in [0.4, 0.5) is 5.69 Å². The number of amides is 1. The molecule has 0 radical (unpaired) electrons.